The number of benzene rings is 2. The first kappa shape index (κ1) is 18.3. The van der Waals surface area contributed by atoms with Gasteiger partial charge in [-0.3, -0.25) is 14.9 Å². The number of β-amino-alcohol motifs (C(OH)–C–C–N with tert-alkyl or cyclic N) is 1. The molecule has 3 rings (SSSR count). The van der Waals surface area contributed by atoms with E-state index in [0.29, 0.717) is 16.5 Å². The fourth-order valence-corrected chi connectivity index (χ4v) is 3.05. The van der Waals surface area contributed by atoms with Crippen LogP contribution in [0.3, 0.4) is 0 Å². The molecule has 2 N–H and O–H groups in total. The van der Waals surface area contributed by atoms with Crippen molar-refractivity contribution in [1.29, 1.82) is 0 Å². The number of rotatable bonds is 6. The third-order valence-corrected chi connectivity index (χ3v) is 4.31. The van der Waals surface area contributed by atoms with Crippen LogP contribution in [-0.2, 0) is 14.3 Å². The lowest BCUT2D eigenvalue weighted by Gasteiger charge is -2.15. The zero-order valence-corrected chi connectivity index (χ0v) is 14.5. The van der Waals surface area contributed by atoms with Gasteiger partial charge in [0, 0.05) is 23.7 Å². The Hall–Kier alpha value is -3.46. The van der Waals surface area contributed by atoms with Crippen LogP contribution in [0.2, 0.25) is 0 Å². The molecule has 1 aliphatic rings. The lowest BCUT2D eigenvalue weighted by molar-refractivity contribution is -0.383. The van der Waals surface area contributed by atoms with E-state index >= 15 is 0 Å². The third kappa shape index (κ3) is 3.32. The number of carbonyl (C=O) groups is 2. The fourth-order valence-electron chi connectivity index (χ4n) is 3.05. The molecule has 0 radical (unpaired) electrons. The Kier molecular flexibility index (Phi) is 5.04. The second-order valence-corrected chi connectivity index (χ2v) is 5.86. The Labute approximate surface area is 154 Å². The number of anilines is 1. The lowest BCUT2D eigenvalue weighted by Crippen LogP contribution is -2.31. The normalized spacial score (nSPS) is 14.0. The number of non-ortho nitro benzene ring substituents is 1. The van der Waals surface area contributed by atoms with Crippen LogP contribution in [0, 0.1) is 10.1 Å². The van der Waals surface area contributed by atoms with Crippen LogP contribution in [0.5, 0.6) is 0 Å². The van der Waals surface area contributed by atoms with E-state index in [9.17, 15) is 19.7 Å². The first-order valence-corrected chi connectivity index (χ1v) is 8.12. The van der Waals surface area contributed by atoms with E-state index in [1.165, 1.54) is 18.1 Å². The highest BCUT2D eigenvalue weighted by atomic mass is 16.6. The number of nitrogens with one attached hydrogen (secondary N) is 1. The number of esters is 1. The quantitative estimate of drug-likeness (QED) is 0.447. The lowest BCUT2D eigenvalue weighted by atomic mass is 10.1. The highest BCUT2D eigenvalue weighted by molar-refractivity contribution is 6.10. The Morgan fingerprint density at radius 2 is 2.00 bits per heavy atom. The van der Waals surface area contributed by atoms with E-state index < -0.39 is 16.8 Å². The van der Waals surface area contributed by atoms with Crippen molar-refractivity contribution in [2.75, 3.05) is 32.1 Å². The van der Waals surface area contributed by atoms with Crippen molar-refractivity contribution in [3.63, 3.8) is 0 Å². The summed E-state index contributed by atoms with van der Waals surface area (Å²) < 4.78 is 4.75. The van der Waals surface area contributed by atoms with Crippen molar-refractivity contribution in [3.8, 4) is 0 Å². The highest BCUT2D eigenvalue weighted by Gasteiger charge is 2.34. The summed E-state index contributed by atoms with van der Waals surface area (Å²) in [6.07, 6.45) is 0. The predicted octanol–water partition coefficient (Wildman–Crippen LogP) is 1.42. The van der Waals surface area contributed by atoms with E-state index in [4.69, 9.17) is 9.84 Å². The van der Waals surface area contributed by atoms with Crippen molar-refractivity contribution in [2.24, 2.45) is 0 Å². The molecule has 27 heavy (non-hydrogen) atoms. The van der Waals surface area contributed by atoms with Gasteiger partial charge in [0.1, 0.15) is 5.70 Å². The summed E-state index contributed by atoms with van der Waals surface area (Å²) in [5.41, 5.74) is 0.567. The number of nitro benzene ring substituents is 1. The molecular formula is C18H17N3O6. The van der Waals surface area contributed by atoms with E-state index in [1.54, 1.807) is 30.3 Å². The molecule has 9 nitrogen and oxygen atoms in total. The Morgan fingerprint density at radius 1 is 1.30 bits per heavy atom. The van der Waals surface area contributed by atoms with Gasteiger partial charge >= 0.3 is 5.97 Å². The van der Waals surface area contributed by atoms with Gasteiger partial charge < -0.3 is 20.1 Å². The molecule has 0 atom stereocenters. The first-order valence-electron chi connectivity index (χ1n) is 8.12. The molecule has 1 aliphatic heterocycles. The number of nitrogens with zero attached hydrogens (tertiary/aromatic N) is 2. The minimum atomic E-state index is -0.655. The van der Waals surface area contributed by atoms with Crippen LogP contribution < -0.4 is 5.32 Å². The topological polar surface area (TPSA) is 122 Å². The molecule has 0 bridgehead atoms. The minimum absolute atomic E-state index is 0.0132. The van der Waals surface area contributed by atoms with Gasteiger partial charge in [-0.2, -0.15) is 0 Å². The van der Waals surface area contributed by atoms with Crippen LogP contribution in [0.4, 0.5) is 11.4 Å². The summed E-state index contributed by atoms with van der Waals surface area (Å²) in [7, 11) is 1.22. The van der Waals surface area contributed by atoms with Gasteiger partial charge in [-0.15, -0.1) is 0 Å². The molecule has 1 amide bonds. The molecule has 0 saturated carbocycles. The van der Waals surface area contributed by atoms with Gasteiger partial charge in [-0.05, 0) is 12.1 Å². The van der Waals surface area contributed by atoms with E-state index in [1.807, 2.05) is 0 Å². The van der Waals surface area contributed by atoms with Crippen molar-refractivity contribution < 1.29 is 24.4 Å². The van der Waals surface area contributed by atoms with Crippen LogP contribution in [0.1, 0.15) is 0 Å². The van der Waals surface area contributed by atoms with Crippen molar-refractivity contribution in [3.05, 3.63) is 57.8 Å². The maximum atomic E-state index is 12.6. The number of hydrogen-bond donors (Lipinski definition) is 2. The summed E-state index contributed by atoms with van der Waals surface area (Å²) in [6.45, 7) is -0.154. The number of nitro groups is 1. The Morgan fingerprint density at radius 3 is 2.67 bits per heavy atom. The maximum absolute atomic E-state index is 12.6. The molecular weight excluding hydrogens is 354 g/mol. The van der Waals surface area contributed by atoms with Gasteiger partial charge in [0.05, 0.1) is 36.1 Å². The number of hydrogen-bond acceptors (Lipinski definition) is 7. The second kappa shape index (κ2) is 7.42. The Balaban J connectivity index is 2.07. The molecule has 0 unspecified atom stereocenters. The molecule has 0 aromatic heterocycles. The average Bonchev–Trinajstić information content (AvgIpc) is 2.97. The van der Waals surface area contributed by atoms with Crippen LogP contribution in [0.15, 0.2) is 47.7 Å². The van der Waals surface area contributed by atoms with E-state index in [-0.39, 0.29) is 36.7 Å². The van der Waals surface area contributed by atoms with Crippen molar-refractivity contribution in [2.45, 2.75) is 0 Å². The molecule has 2 aromatic rings. The van der Waals surface area contributed by atoms with Crippen LogP contribution in [-0.4, -0.2) is 53.6 Å². The van der Waals surface area contributed by atoms with Crippen LogP contribution in [0.25, 0.3) is 10.8 Å². The van der Waals surface area contributed by atoms with Crippen molar-refractivity contribution >= 4 is 34.0 Å². The van der Waals surface area contributed by atoms with Crippen LogP contribution >= 0.6 is 0 Å². The average molecular weight is 371 g/mol. The number of fused-ring (bicyclic) bond motifs is 1. The molecule has 1 heterocycles. The van der Waals surface area contributed by atoms with Gasteiger partial charge in [-0.25, -0.2) is 4.79 Å². The largest absolute Gasteiger partial charge is 0.466 e. The van der Waals surface area contributed by atoms with Crippen molar-refractivity contribution in [1.82, 2.24) is 4.90 Å². The number of amides is 1. The smallest absolute Gasteiger partial charge is 0.337 e. The molecule has 0 aliphatic carbocycles. The summed E-state index contributed by atoms with van der Waals surface area (Å²) in [4.78, 5) is 36.8. The van der Waals surface area contributed by atoms with E-state index in [2.05, 4.69) is 5.32 Å². The highest BCUT2D eigenvalue weighted by Crippen LogP contribution is 2.32. The Bertz CT molecular complexity index is 969. The molecule has 0 spiro atoms. The van der Waals surface area contributed by atoms with E-state index in [0.717, 1.165) is 0 Å². The maximum Gasteiger partial charge on any atom is 0.337 e. The SMILES string of the molecule is COC(=O)C1=C(Nc2cccc3c([N+](=O)[O-])cccc23)C(=O)N(CCO)C1. The second-order valence-electron chi connectivity index (χ2n) is 5.86. The standard InChI is InChI=1S/C18H17N3O6/c1-27-18(24)13-10-20(8-9-22)17(23)16(13)19-14-6-2-5-12-11(14)4-3-7-15(12)21(25)26/h2-7,19,22H,8-10H2,1H3. The van der Waals surface area contributed by atoms with Gasteiger partial charge in [0.25, 0.3) is 11.6 Å². The molecule has 0 fully saturated rings. The molecule has 0 saturated heterocycles. The number of methoxy groups -OCH3 is 1. The zero-order chi connectivity index (χ0) is 19.6. The zero-order valence-electron chi connectivity index (χ0n) is 14.5. The molecule has 2 aromatic carbocycles. The summed E-state index contributed by atoms with van der Waals surface area (Å²) in [6, 6.07) is 9.54. The third-order valence-electron chi connectivity index (χ3n) is 4.31. The molecule has 140 valence electrons. The van der Waals surface area contributed by atoms with Gasteiger partial charge in [0.15, 0.2) is 0 Å². The number of carbonyl (C=O) groups excluding carboxylic acids is 2. The number of aliphatic hydroxyl groups excluding tert-OH is 1. The van der Waals surface area contributed by atoms with Gasteiger partial charge in [-0.1, -0.05) is 18.2 Å². The minimum Gasteiger partial charge on any atom is -0.466 e. The summed E-state index contributed by atoms with van der Waals surface area (Å²) in [5, 5.41) is 24.2. The summed E-state index contributed by atoms with van der Waals surface area (Å²) in [5.74, 6) is -1.11. The summed E-state index contributed by atoms with van der Waals surface area (Å²) >= 11 is 0. The number of ether oxygens (including phenoxy) is 1. The number of aliphatic hydroxyl groups is 1. The van der Waals surface area contributed by atoms with Gasteiger partial charge in [0.2, 0.25) is 0 Å². The first-order chi connectivity index (χ1) is 13.0. The monoisotopic (exact) mass is 371 g/mol. The fraction of sp³-hybridized carbons (Fsp3) is 0.222. The molecule has 9 heteroatoms. The predicted molar refractivity (Wildman–Crippen MR) is 96.9 cm³/mol.